The minimum atomic E-state index is 0.337. The first kappa shape index (κ1) is 20.1. The lowest BCUT2D eigenvalue weighted by Gasteiger charge is -2.24. The molecule has 1 aromatic carbocycles. The van der Waals surface area contributed by atoms with E-state index in [-0.39, 0.29) is 0 Å². The molecular weight excluding hydrogens is 408 g/mol. The molecule has 0 saturated heterocycles. The maximum Gasteiger partial charge on any atom is 0.174 e. The van der Waals surface area contributed by atoms with Gasteiger partial charge in [-0.2, -0.15) is 5.10 Å². The molecule has 1 fully saturated rings. The molecule has 3 aromatic heterocycles. The van der Waals surface area contributed by atoms with E-state index in [0.29, 0.717) is 5.92 Å². The Morgan fingerprint density at radius 2 is 1.79 bits per heavy atom. The van der Waals surface area contributed by atoms with E-state index in [4.69, 9.17) is 15.1 Å². The maximum atomic E-state index is 4.96. The molecule has 2 aliphatic rings. The summed E-state index contributed by atoms with van der Waals surface area (Å²) >= 11 is 0. The van der Waals surface area contributed by atoms with Crippen LogP contribution in [-0.4, -0.2) is 29.3 Å². The fraction of sp³-hybridized carbons (Fsp3) is 0.333. The van der Waals surface area contributed by atoms with Crippen LogP contribution in [0.4, 0.5) is 0 Å². The standard InChI is InChI=1S/C27H28N6/c1-18-16-32(17-28-18)25-13-11-21(29-19(25)2)12-14-26-30-27-24(8-5-15-33(27)31-26)23-7-4-3-6-22(23)20-9-10-20/h3-4,6-7,11-14,16-17,20,24H,5,8-10,15H2,1-2H3. The monoisotopic (exact) mass is 436 g/mol. The number of rotatable bonds is 5. The van der Waals surface area contributed by atoms with Gasteiger partial charge in [0.15, 0.2) is 5.82 Å². The van der Waals surface area contributed by atoms with Crippen LogP contribution in [0, 0.1) is 13.8 Å². The van der Waals surface area contributed by atoms with Gasteiger partial charge in [0.25, 0.3) is 0 Å². The number of benzene rings is 1. The Hall–Kier alpha value is -3.54. The van der Waals surface area contributed by atoms with Gasteiger partial charge in [0.05, 0.1) is 29.1 Å². The van der Waals surface area contributed by atoms with Crippen LogP contribution in [0.2, 0.25) is 0 Å². The van der Waals surface area contributed by atoms with Crippen LogP contribution in [0.1, 0.15) is 77.4 Å². The quantitative estimate of drug-likeness (QED) is 0.417. The summed E-state index contributed by atoms with van der Waals surface area (Å²) in [6.07, 6.45) is 12.7. The van der Waals surface area contributed by atoms with Crippen molar-refractivity contribution in [2.75, 3.05) is 0 Å². The highest BCUT2D eigenvalue weighted by Crippen LogP contribution is 2.45. The van der Waals surface area contributed by atoms with Gasteiger partial charge in [-0.15, -0.1) is 0 Å². The summed E-state index contributed by atoms with van der Waals surface area (Å²) in [4.78, 5) is 14.0. The summed E-state index contributed by atoms with van der Waals surface area (Å²) in [6.45, 7) is 4.95. The second-order valence-electron chi connectivity index (χ2n) is 9.25. The fourth-order valence-corrected chi connectivity index (χ4v) is 4.98. The largest absolute Gasteiger partial charge is 0.304 e. The molecule has 4 heterocycles. The Labute approximate surface area is 194 Å². The third-order valence-corrected chi connectivity index (χ3v) is 6.75. The Morgan fingerprint density at radius 1 is 0.939 bits per heavy atom. The number of aryl methyl sites for hydroxylation is 3. The van der Waals surface area contributed by atoms with Crippen molar-refractivity contribution in [3.63, 3.8) is 0 Å². The zero-order chi connectivity index (χ0) is 22.4. The molecule has 0 bridgehead atoms. The Balaban J connectivity index is 1.26. The number of fused-ring (bicyclic) bond motifs is 1. The molecule has 1 aliphatic carbocycles. The molecule has 33 heavy (non-hydrogen) atoms. The molecule has 1 unspecified atom stereocenters. The van der Waals surface area contributed by atoms with Gasteiger partial charge in [-0.1, -0.05) is 24.3 Å². The van der Waals surface area contributed by atoms with Crippen LogP contribution in [0.15, 0.2) is 48.9 Å². The average molecular weight is 437 g/mol. The number of hydrogen-bond donors (Lipinski definition) is 0. The topological polar surface area (TPSA) is 61.4 Å². The van der Waals surface area contributed by atoms with Crippen molar-refractivity contribution in [2.45, 2.75) is 57.9 Å². The first-order valence-electron chi connectivity index (χ1n) is 11.9. The van der Waals surface area contributed by atoms with E-state index < -0.39 is 0 Å². The minimum Gasteiger partial charge on any atom is -0.304 e. The number of imidazole rings is 1. The fourth-order valence-electron chi connectivity index (χ4n) is 4.98. The molecule has 166 valence electrons. The Morgan fingerprint density at radius 3 is 2.55 bits per heavy atom. The molecule has 4 aromatic rings. The van der Waals surface area contributed by atoms with Gasteiger partial charge in [0.2, 0.25) is 0 Å². The van der Waals surface area contributed by atoms with E-state index in [1.54, 1.807) is 0 Å². The lowest BCUT2D eigenvalue weighted by Crippen LogP contribution is -2.18. The highest BCUT2D eigenvalue weighted by molar-refractivity contribution is 5.65. The van der Waals surface area contributed by atoms with Gasteiger partial charge in [-0.25, -0.2) is 14.6 Å². The number of pyridine rings is 1. The summed E-state index contributed by atoms with van der Waals surface area (Å²) in [7, 11) is 0. The molecule has 0 spiro atoms. The van der Waals surface area contributed by atoms with Crippen molar-refractivity contribution in [3.8, 4) is 5.69 Å². The van der Waals surface area contributed by atoms with Crippen LogP contribution in [-0.2, 0) is 6.54 Å². The second-order valence-corrected chi connectivity index (χ2v) is 9.25. The van der Waals surface area contributed by atoms with Gasteiger partial charge in [-0.3, -0.25) is 4.98 Å². The predicted octanol–water partition coefficient (Wildman–Crippen LogP) is 5.45. The molecule has 1 saturated carbocycles. The van der Waals surface area contributed by atoms with Gasteiger partial charge < -0.3 is 4.57 Å². The zero-order valence-electron chi connectivity index (χ0n) is 19.1. The molecule has 6 rings (SSSR count). The zero-order valence-corrected chi connectivity index (χ0v) is 19.1. The lowest BCUT2D eigenvalue weighted by atomic mass is 9.86. The highest BCUT2D eigenvalue weighted by atomic mass is 15.4. The molecule has 0 N–H and O–H groups in total. The van der Waals surface area contributed by atoms with E-state index in [1.807, 2.05) is 49.2 Å². The molecule has 6 nitrogen and oxygen atoms in total. The SMILES string of the molecule is Cc1cn(-c2ccc(C=Cc3nc4n(n3)CCCC4c3ccccc3C3CC3)nc2C)cn1. The normalized spacial score (nSPS) is 18.1. The van der Waals surface area contributed by atoms with Crippen LogP contribution >= 0.6 is 0 Å². The summed E-state index contributed by atoms with van der Waals surface area (Å²) < 4.78 is 4.12. The van der Waals surface area contributed by atoms with Crippen molar-refractivity contribution in [2.24, 2.45) is 0 Å². The summed E-state index contributed by atoms with van der Waals surface area (Å²) in [5, 5.41) is 4.80. The van der Waals surface area contributed by atoms with Crippen molar-refractivity contribution >= 4 is 12.2 Å². The van der Waals surface area contributed by atoms with Crippen LogP contribution < -0.4 is 0 Å². The maximum absolute atomic E-state index is 4.96. The molecule has 0 radical (unpaired) electrons. The molecular formula is C27H28N6. The van der Waals surface area contributed by atoms with Crippen molar-refractivity contribution in [1.29, 1.82) is 0 Å². The Kier molecular flexibility index (Phi) is 4.93. The second kappa shape index (κ2) is 8.10. The lowest BCUT2D eigenvalue weighted by molar-refractivity contribution is 0.444. The van der Waals surface area contributed by atoms with Crippen molar-refractivity contribution in [1.82, 2.24) is 29.3 Å². The molecule has 1 aliphatic heterocycles. The molecule has 0 amide bonds. The third-order valence-electron chi connectivity index (χ3n) is 6.75. The number of aromatic nitrogens is 6. The van der Waals surface area contributed by atoms with Crippen LogP contribution in [0.25, 0.3) is 17.8 Å². The van der Waals surface area contributed by atoms with E-state index >= 15 is 0 Å². The first-order valence-corrected chi connectivity index (χ1v) is 11.9. The molecule has 1 atom stereocenters. The predicted molar refractivity (Wildman–Crippen MR) is 129 cm³/mol. The minimum absolute atomic E-state index is 0.337. The first-order chi connectivity index (χ1) is 16.2. The van der Waals surface area contributed by atoms with Crippen LogP contribution in [0.3, 0.4) is 0 Å². The van der Waals surface area contributed by atoms with Gasteiger partial charge in [0.1, 0.15) is 5.82 Å². The van der Waals surface area contributed by atoms with Crippen molar-refractivity contribution < 1.29 is 0 Å². The summed E-state index contributed by atoms with van der Waals surface area (Å²) in [5.74, 6) is 2.93. The highest BCUT2D eigenvalue weighted by Gasteiger charge is 2.32. The van der Waals surface area contributed by atoms with Gasteiger partial charge in [0, 0.05) is 18.7 Å². The average Bonchev–Trinajstić information content (AvgIpc) is 3.45. The van der Waals surface area contributed by atoms with Gasteiger partial charge >= 0.3 is 0 Å². The molecule has 6 heteroatoms. The number of nitrogens with zero attached hydrogens (tertiary/aromatic N) is 6. The van der Waals surface area contributed by atoms with E-state index in [2.05, 4.69) is 40.0 Å². The van der Waals surface area contributed by atoms with Gasteiger partial charge in [-0.05, 0) is 80.9 Å². The van der Waals surface area contributed by atoms with Crippen molar-refractivity contribution in [3.05, 3.63) is 88.8 Å². The van der Waals surface area contributed by atoms with E-state index in [1.165, 1.54) is 24.0 Å². The van der Waals surface area contributed by atoms with Crippen LogP contribution in [0.5, 0.6) is 0 Å². The summed E-state index contributed by atoms with van der Waals surface area (Å²) in [6, 6.07) is 13.1. The summed E-state index contributed by atoms with van der Waals surface area (Å²) in [5.41, 5.74) is 6.86. The van der Waals surface area contributed by atoms with E-state index in [9.17, 15) is 0 Å². The Bertz CT molecular complexity index is 1340. The third kappa shape index (κ3) is 3.90. The smallest absolute Gasteiger partial charge is 0.174 e. The number of hydrogen-bond acceptors (Lipinski definition) is 4. The van der Waals surface area contributed by atoms with E-state index in [0.717, 1.165) is 59.7 Å².